The van der Waals surface area contributed by atoms with Gasteiger partial charge in [0.15, 0.2) is 0 Å². The number of carboxylic acid groups (broad SMARTS) is 1. The molecule has 0 aliphatic carbocycles. The summed E-state index contributed by atoms with van der Waals surface area (Å²) in [5, 5.41) is 8.89. The van der Waals surface area contributed by atoms with Crippen LogP contribution in [0.5, 0.6) is 0 Å². The third-order valence-electron chi connectivity index (χ3n) is 3.05. The van der Waals surface area contributed by atoms with Crippen LogP contribution in [0.1, 0.15) is 6.42 Å². The van der Waals surface area contributed by atoms with Crippen LogP contribution in [0.2, 0.25) is 0 Å². The molecule has 1 N–H and O–H groups in total. The van der Waals surface area contributed by atoms with Crippen LogP contribution >= 0.6 is 0 Å². The van der Waals surface area contributed by atoms with E-state index in [0.29, 0.717) is 4.90 Å². The molecule has 21 heavy (non-hydrogen) atoms. The second kappa shape index (κ2) is 5.86. The molecule has 1 aliphatic rings. The van der Waals surface area contributed by atoms with E-state index < -0.39 is 49.1 Å². The predicted octanol–water partition coefficient (Wildman–Crippen LogP) is 2.28. The predicted molar refractivity (Wildman–Crippen MR) is 58.8 cm³/mol. The van der Waals surface area contributed by atoms with Gasteiger partial charge in [-0.15, -0.1) is 0 Å². The molecule has 5 nitrogen and oxygen atoms in total. The average Bonchev–Trinajstić information content (AvgIpc) is 2.79. The first-order valence-corrected chi connectivity index (χ1v) is 5.75. The number of halogens is 5. The zero-order valence-corrected chi connectivity index (χ0v) is 10.6. The molecule has 0 aromatic heterocycles. The first-order chi connectivity index (χ1) is 9.54. The molecule has 0 unspecified atom stereocenters. The van der Waals surface area contributed by atoms with Crippen LogP contribution in [0.3, 0.4) is 0 Å². The number of amides is 1. The van der Waals surface area contributed by atoms with Gasteiger partial charge in [0.1, 0.15) is 12.6 Å². The standard InChI is InChI=1S/C11H12F5NO4/c1-2-5-21-9(20)17-4-3-6(7(17)8(18)19)10(12,13)11(14,15)16/h2,6-7H,1,3-5H2,(H,18,19)/t6-,7-/m0/s1. The minimum Gasteiger partial charge on any atom is -0.480 e. The van der Waals surface area contributed by atoms with E-state index >= 15 is 0 Å². The number of hydrogen-bond acceptors (Lipinski definition) is 3. The molecular formula is C11H12F5NO4. The molecule has 1 rings (SSSR count). The first-order valence-electron chi connectivity index (χ1n) is 5.75. The largest absolute Gasteiger partial charge is 0.480 e. The van der Waals surface area contributed by atoms with E-state index in [4.69, 9.17) is 5.11 Å². The number of carbonyl (C=O) groups excluding carboxylic acids is 1. The van der Waals surface area contributed by atoms with Crippen molar-refractivity contribution in [3.63, 3.8) is 0 Å². The van der Waals surface area contributed by atoms with Crippen LogP contribution in [-0.4, -0.2) is 53.4 Å². The zero-order chi connectivity index (χ0) is 16.4. The number of likely N-dealkylation sites (tertiary alicyclic amines) is 1. The number of ether oxygens (including phenoxy) is 1. The van der Waals surface area contributed by atoms with Crippen LogP contribution < -0.4 is 0 Å². The minimum absolute atomic E-state index is 0.317. The normalized spacial score (nSPS) is 23.0. The fraction of sp³-hybridized carbons (Fsp3) is 0.636. The number of aliphatic carboxylic acids is 1. The van der Waals surface area contributed by atoms with Crippen LogP contribution in [0.4, 0.5) is 26.7 Å². The molecule has 1 saturated heterocycles. The molecule has 1 amide bonds. The maximum Gasteiger partial charge on any atom is 0.453 e. The Morgan fingerprint density at radius 2 is 1.90 bits per heavy atom. The van der Waals surface area contributed by atoms with Crippen molar-refractivity contribution in [3.8, 4) is 0 Å². The van der Waals surface area contributed by atoms with Gasteiger partial charge in [-0.1, -0.05) is 12.7 Å². The summed E-state index contributed by atoms with van der Waals surface area (Å²) in [7, 11) is 0. The van der Waals surface area contributed by atoms with Crippen molar-refractivity contribution in [2.24, 2.45) is 5.92 Å². The highest BCUT2D eigenvalue weighted by atomic mass is 19.4. The van der Waals surface area contributed by atoms with Crippen molar-refractivity contribution in [2.75, 3.05) is 13.2 Å². The summed E-state index contributed by atoms with van der Waals surface area (Å²) in [6, 6.07) is -2.31. The molecule has 0 spiro atoms. The Hall–Kier alpha value is -1.87. The Kier molecular flexibility index (Phi) is 4.79. The summed E-state index contributed by atoms with van der Waals surface area (Å²) in [5.41, 5.74) is 0. The van der Waals surface area contributed by atoms with Gasteiger partial charge in [0.05, 0.1) is 5.92 Å². The topological polar surface area (TPSA) is 66.8 Å². The monoisotopic (exact) mass is 317 g/mol. The third kappa shape index (κ3) is 3.24. The minimum atomic E-state index is -5.90. The summed E-state index contributed by atoms with van der Waals surface area (Å²) in [6.07, 6.45) is -6.83. The third-order valence-corrected chi connectivity index (χ3v) is 3.05. The SMILES string of the molecule is C=CCOC(=O)N1CC[C@H](C(F)(F)C(F)(F)F)[C@H]1C(=O)O. The molecular weight excluding hydrogens is 305 g/mol. The van der Waals surface area contributed by atoms with Gasteiger partial charge in [0.25, 0.3) is 0 Å². The molecule has 0 radical (unpaired) electrons. The fourth-order valence-electron chi connectivity index (χ4n) is 2.11. The Morgan fingerprint density at radius 1 is 1.33 bits per heavy atom. The molecule has 10 heteroatoms. The van der Waals surface area contributed by atoms with Gasteiger partial charge in [-0.3, -0.25) is 4.90 Å². The van der Waals surface area contributed by atoms with Gasteiger partial charge < -0.3 is 9.84 Å². The van der Waals surface area contributed by atoms with Gasteiger partial charge in [-0.25, -0.2) is 9.59 Å². The van der Waals surface area contributed by atoms with E-state index in [1.165, 1.54) is 0 Å². The average molecular weight is 317 g/mol. The lowest BCUT2D eigenvalue weighted by molar-refractivity contribution is -0.303. The summed E-state index contributed by atoms with van der Waals surface area (Å²) >= 11 is 0. The van der Waals surface area contributed by atoms with Gasteiger partial charge in [-0.05, 0) is 6.42 Å². The maximum absolute atomic E-state index is 13.4. The molecule has 1 heterocycles. The highest BCUT2D eigenvalue weighted by molar-refractivity contribution is 5.81. The number of rotatable bonds is 4. The highest BCUT2D eigenvalue weighted by Crippen LogP contribution is 2.47. The smallest absolute Gasteiger partial charge is 0.453 e. The van der Waals surface area contributed by atoms with E-state index in [1.807, 2.05) is 0 Å². The van der Waals surface area contributed by atoms with Crippen molar-refractivity contribution < 1.29 is 41.4 Å². The van der Waals surface area contributed by atoms with Crippen molar-refractivity contribution in [2.45, 2.75) is 24.6 Å². The number of alkyl halides is 5. The van der Waals surface area contributed by atoms with E-state index in [-0.39, 0.29) is 6.61 Å². The van der Waals surface area contributed by atoms with Gasteiger partial charge in [0, 0.05) is 6.54 Å². The van der Waals surface area contributed by atoms with Crippen LogP contribution in [-0.2, 0) is 9.53 Å². The maximum atomic E-state index is 13.4. The van der Waals surface area contributed by atoms with Gasteiger partial charge in [0.2, 0.25) is 0 Å². The van der Waals surface area contributed by atoms with Crippen LogP contribution in [0, 0.1) is 5.92 Å². The number of hydrogen-bond donors (Lipinski definition) is 1. The molecule has 0 aromatic rings. The lowest BCUT2D eigenvalue weighted by Crippen LogP contribution is -2.52. The Balaban J connectivity index is 3.02. The summed E-state index contributed by atoms with van der Waals surface area (Å²) in [6.45, 7) is 2.34. The van der Waals surface area contributed by atoms with Crippen molar-refractivity contribution in [3.05, 3.63) is 12.7 Å². The second-order valence-electron chi connectivity index (χ2n) is 4.36. The van der Waals surface area contributed by atoms with E-state index in [2.05, 4.69) is 11.3 Å². The summed E-state index contributed by atoms with van der Waals surface area (Å²) < 4.78 is 68.3. The fourth-order valence-corrected chi connectivity index (χ4v) is 2.11. The van der Waals surface area contributed by atoms with Crippen molar-refractivity contribution in [1.82, 2.24) is 4.90 Å². The lowest BCUT2D eigenvalue weighted by atomic mass is 9.92. The highest BCUT2D eigenvalue weighted by Gasteiger charge is 2.67. The van der Waals surface area contributed by atoms with E-state index in [0.717, 1.165) is 6.08 Å². The van der Waals surface area contributed by atoms with E-state index in [9.17, 15) is 31.5 Å². The Bertz CT molecular complexity index is 437. The van der Waals surface area contributed by atoms with Gasteiger partial charge >= 0.3 is 24.2 Å². The van der Waals surface area contributed by atoms with Gasteiger partial charge in [-0.2, -0.15) is 22.0 Å². The Labute approximate surface area is 116 Å². The quantitative estimate of drug-likeness (QED) is 0.638. The molecule has 120 valence electrons. The second-order valence-corrected chi connectivity index (χ2v) is 4.36. The van der Waals surface area contributed by atoms with Crippen LogP contribution in [0.15, 0.2) is 12.7 Å². The molecule has 0 saturated carbocycles. The molecule has 1 fully saturated rings. The molecule has 1 aliphatic heterocycles. The number of carbonyl (C=O) groups is 2. The lowest BCUT2D eigenvalue weighted by Gasteiger charge is -2.30. The first kappa shape index (κ1) is 17.2. The summed E-state index contributed by atoms with van der Waals surface area (Å²) in [4.78, 5) is 22.9. The zero-order valence-electron chi connectivity index (χ0n) is 10.6. The van der Waals surface area contributed by atoms with Crippen molar-refractivity contribution in [1.29, 1.82) is 0 Å². The Morgan fingerprint density at radius 3 is 2.33 bits per heavy atom. The number of nitrogens with zero attached hydrogens (tertiary/aromatic N) is 1. The molecule has 0 aromatic carbocycles. The summed E-state index contributed by atoms with van der Waals surface area (Å²) in [5.74, 6) is -9.73. The molecule has 2 atom stereocenters. The molecule has 0 bridgehead atoms. The number of carboxylic acids is 1. The van der Waals surface area contributed by atoms with Crippen molar-refractivity contribution >= 4 is 12.1 Å². The van der Waals surface area contributed by atoms with E-state index in [1.54, 1.807) is 0 Å². The van der Waals surface area contributed by atoms with Crippen LogP contribution in [0.25, 0.3) is 0 Å².